The second kappa shape index (κ2) is 7.13. The molecule has 1 saturated carbocycles. The number of urea groups is 1. The zero-order valence-electron chi connectivity index (χ0n) is 11.3. The molecule has 2 amide bonds. The molecule has 0 aromatic rings. The molecule has 6 heteroatoms. The Hall–Kier alpha value is -1.56. The molecule has 3 N–H and O–H groups in total. The summed E-state index contributed by atoms with van der Waals surface area (Å²) in [6.07, 6.45) is 4.21. The normalized spacial score (nSPS) is 17.3. The lowest BCUT2D eigenvalue weighted by atomic mass is 9.96. The maximum Gasteiger partial charge on any atom is 0.329 e. The lowest BCUT2D eigenvalue weighted by Crippen LogP contribution is -2.57. The van der Waals surface area contributed by atoms with Crippen LogP contribution in [-0.4, -0.2) is 42.4 Å². The van der Waals surface area contributed by atoms with Gasteiger partial charge in [0.25, 0.3) is 0 Å². The number of carboxylic acid groups (broad SMARTS) is 1. The average molecular weight is 270 g/mol. The highest BCUT2D eigenvalue weighted by molar-refractivity contribution is 5.86. The van der Waals surface area contributed by atoms with Crippen LogP contribution in [0.25, 0.3) is 0 Å². The predicted molar refractivity (Wildman–Crippen MR) is 70.9 cm³/mol. The van der Waals surface area contributed by atoms with E-state index in [9.17, 15) is 14.7 Å². The maximum absolute atomic E-state index is 11.6. The number of amides is 2. The number of ether oxygens (including phenoxy) is 1. The lowest BCUT2D eigenvalue weighted by molar-refractivity contribution is -0.144. The first-order chi connectivity index (χ1) is 9.00. The number of rotatable bonds is 9. The minimum atomic E-state index is -1.17. The van der Waals surface area contributed by atoms with Crippen LogP contribution >= 0.6 is 0 Å². The van der Waals surface area contributed by atoms with Crippen molar-refractivity contribution >= 4 is 12.0 Å². The molecule has 0 aliphatic heterocycles. The Morgan fingerprint density at radius 2 is 2.16 bits per heavy atom. The van der Waals surface area contributed by atoms with Crippen LogP contribution in [0, 0.1) is 5.92 Å². The van der Waals surface area contributed by atoms with Crippen LogP contribution in [0.1, 0.15) is 26.2 Å². The third kappa shape index (κ3) is 4.90. The number of carbonyl (C=O) groups excluding carboxylic acids is 1. The van der Waals surface area contributed by atoms with E-state index in [2.05, 4.69) is 17.2 Å². The highest BCUT2D eigenvalue weighted by Gasteiger charge is 2.48. The topological polar surface area (TPSA) is 87.7 Å². The summed E-state index contributed by atoms with van der Waals surface area (Å²) in [4.78, 5) is 22.8. The van der Waals surface area contributed by atoms with E-state index in [0.29, 0.717) is 19.8 Å². The number of carboxylic acids is 1. The molecule has 1 fully saturated rings. The molecule has 0 radical (unpaired) electrons. The van der Waals surface area contributed by atoms with Gasteiger partial charge in [0, 0.05) is 6.54 Å². The molecule has 0 heterocycles. The Morgan fingerprint density at radius 3 is 2.68 bits per heavy atom. The Kier molecular flexibility index (Phi) is 5.82. The van der Waals surface area contributed by atoms with Crippen LogP contribution in [0.3, 0.4) is 0 Å². The van der Waals surface area contributed by atoms with Crippen molar-refractivity contribution in [2.75, 3.05) is 19.8 Å². The van der Waals surface area contributed by atoms with Crippen LogP contribution < -0.4 is 10.6 Å². The van der Waals surface area contributed by atoms with E-state index in [0.717, 1.165) is 19.3 Å². The van der Waals surface area contributed by atoms with E-state index >= 15 is 0 Å². The summed E-state index contributed by atoms with van der Waals surface area (Å²) in [5.41, 5.74) is -1.17. The molecule has 0 spiro atoms. The number of nitrogens with one attached hydrogen (secondary N) is 2. The second-order valence-corrected chi connectivity index (χ2v) is 4.85. The largest absolute Gasteiger partial charge is 0.480 e. The first kappa shape index (κ1) is 15.5. The van der Waals surface area contributed by atoms with Crippen LogP contribution in [0.2, 0.25) is 0 Å². The van der Waals surface area contributed by atoms with E-state index in [4.69, 9.17) is 4.74 Å². The minimum absolute atomic E-state index is 0.0274. The molecule has 1 unspecified atom stereocenters. The summed E-state index contributed by atoms with van der Waals surface area (Å²) in [5, 5.41) is 14.3. The van der Waals surface area contributed by atoms with Gasteiger partial charge in [-0.15, -0.1) is 6.58 Å². The Balaban J connectivity index is 2.22. The first-order valence-corrected chi connectivity index (χ1v) is 6.48. The second-order valence-electron chi connectivity index (χ2n) is 4.85. The molecule has 0 saturated heterocycles. The van der Waals surface area contributed by atoms with Gasteiger partial charge in [-0.2, -0.15) is 0 Å². The standard InChI is InChI=1S/C13H22N2O4/c1-3-4-8-19-9-7-14-12(18)15-13(2,11(16)17)10-5-6-10/h3,10H,1,4-9H2,2H3,(H,16,17)(H2,14,15,18). The van der Waals surface area contributed by atoms with Crippen molar-refractivity contribution in [1.82, 2.24) is 10.6 Å². The quantitative estimate of drug-likeness (QED) is 0.433. The molecule has 19 heavy (non-hydrogen) atoms. The average Bonchev–Trinajstić information content (AvgIpc) is 3.17. The monoisotopic (exact) mass is 270 g/mol. The van der Waals surface area contributed by atoms with Crippen LogP contribution in [0.5, 0.6) is 0 Å². The first-order valence-electron chi connectivity index (χ1n) is 6.48. The summed E-state index contributed by atoms with van der Waals surface area (Å²) in [7, 11) is 0. The van der Waals surface area contributed by atoms with Crippen molar-refractivity contribution in [3.63, 3.8) is 0 Å². The van der Waals surface area contributed by atoms with E-state index in [1.165, 1.54) is 0 Å². The van der Waals surface area contributed by atoms with Crippen molar-refractivity contribution < 1.29 is 19.4 Å². The number of hydrogen-bond acceptors (Lipinski definition) is 3. The van der Waals surface area contributed by atoms with E-state index < -0.39 is 17.5 Å². The summed E-state index contributed by atoms with van der Waals surface area (Å²) in [6, 6.07) is -0.468. The Bertz CT molecular complexity index is 342. The third-order valence-electron chi connectivity index (χ3n) is 3.21. The summed E-state index contributed by atoms with van der Waals surface area (Å²) < 4.78 is 5.23. The fourth-order valence-corrected chi connectivity index (χ4v) is 1.78. The molecule has 0 bridgehead atoms. The molecule has 1 aliphatic rings. The van der Waals surface area contributed by atoms with Gasteiger partial charge in [-0.05, 0) is 32.1 Å². The molecule has 6 nitrogen and oxygen atoms in total. The number of hydrogen-bond donors (Lipinski definition) is 3. The van der Waals surface area contributed by atoms with Crippen LogP contribution in [0.15, 0.2) is 12.7 Å². The number of aliphatic carboxylic acids is 1. The molecule has 1 aliphatic carbocycles. The zero-order chi connectivity index (χ0) is 14.3. The summed E-state index contributed by atoms with van der Waals surface area (Å²) >= 11 is 0. The van der Waals surface area contributed by atoms with Gasteiger partial charge < -0.3 is 20.5 Å². The lowest BCUT2D eigenvalue weighted by Gasteiger charge is -2.26. The van der Waals surface area contributed by atoms with Crippen molar-refractivity contribution in [3.8, 4) is 0 Å². The highest BCUT2D eigenvalue weighted by Crippen LogP contribution is 2.39. The van der Waals surface area contributed by atoms with Gasteiger partial charge >= 0.3 is 12.0 Å². The maximum atomic E-state index is 11.6. The SMILES string of the molecule is C=CCCOCCNC(=O)NC(C)(C(=O)O)C1CC1. The van der Waals surface area contributed by atoms with Gasteiger partial charge in [-0.3, -0.25) is 0 Å². The van der Waals surface area contributed by atoms with E-state index in [-0.39, 0.29) is 5.92 Å². The van der Waals surface area contributed by atoms with Crippen LogP contribution in [0.4, 0.5) is 4.79 Å². The van der Waals surface area contributed by atoms with Crippen molar-refractivity contribution in [3.05, 3.63) is 12.7 Å². The zero-order valence-corrected chi connectivity index (χ0v) is 11.3. The molecule has 0 aromatic carbocycles. The van der Waals surface area contributed by atoms with Gasteiger partial charge in [-0.1, -0.05) is 6.08 Å². The van der Waals surface area contributed by atoms with Gasteiger partial charge in [-0.25, -0.2) is 9.59 Å². The molecule has 108 valence electrons. The Morgan fingerprint density at radius 1 is 1.47 bits per heavy atom. The highest BCUT2D eigenvalue weighted by atomic mass is 16.5. The fraction of sp³-hybridized carbons (Fsp3) is 0.692. The van der Waals surface area contributed by atoms with Crippen molar-refractivity contribution in [2.24, 2.45) is 5.92 Å². The van der Waals surface area contributed by atoms with Gasteiger partial charge in [0.15, 0.2) is 0 Å². The third-order valence-corrected chi connectivity index (χ3v) is 3.21. The Labute approximate surface area is 113 Å². The van der Waals surface area contributed by atoms with E-state index in [1.54, 1.807) is 13.0 Å². The van der Waals surface area contributed by atoms with Gasteiger partial charge in [0.2, 0.25) is 0 Å². The molecular weight excluding hydrogens is 248 g/mol. The van der Waals surface area contributed by atoms with Crippen LogP contribution in [-0.2, 0) is 9.53 Å². The van der Waals surface area contributed by atoms with Crippen molar-refractivity contribution in [1.29, 1.82) is 0 Å². The molecule has 0 aromatic heterocycles. The molecular formula is C13H22N2O4. The predicted octanol–water partition coefficient (Wildman–Crippen LogP) is 1.13. The summed E-state index contributed by atoms with van der Waals surface area (Å²) in [6.45, 7) is 6.44. The molecule has 1 rings (SSSR count). The number of carbonyl (C=O) groups is 2. The fourth-order valence-electron chi connectivity index (χ4n) is 1.78. The van der Waals surface area contributed by atoms with Gasteiger partial charge in [0.05, 0.1) is 13.2 Å². The van der Waals surface area contributed by atoms with Crippen molar-refractivity contribution in [2.45, 2.75) is 31.7 Å². The smallest absolute Gasteiger partial charge is 0.329 e. The minimum Gasteiger partial charge on any atom is -0.480 e. The molecule has 1 atom stereocenters. The summed E-state index contributed by atoms with van der Waals surface area (Å²) in [5.74, 6) is -0.966. The van der Waals surface area contributed by atoms with Gasteiger partial charge in [0.1, 0.15) is 5.54 Å². The van der Waals surface area contributed by atoms with E-state index in [1.807, 2.05) is 0 Å².